The molecular weight excluding hydrogens is 288 g/mol. The third-order valence-corrected chi connectivity index (χ3v) is 5.16. The summed E-state index contributed by atoms with van der Waals surface area (Å²) in [6, 6.07) is 6.35. The first-order chi connectivity index (χ1) is 11.1. The van der Waals surface area contributed by atoms with Gasteiger partial charge in [-0.1, -0.05) is 37.5 Å². The number of aryl methyl sites for hydroxylation is 2. The number of anilines is 1. The Kier molecular flexibility index (Phi) is 4.69. The van der Waals surface area contributed by atoms with Gasteiger partial charge in [0.25, 0.3) is 0 Å². The minimum atomic E-state index is -0.219. The second-order valence-corrected chi connectivity index (χ2v) is 6.99. The van der Waals surface area contributed by atoms with E-state index in [1.54, 1.807) is 4.90 Å². The van der Waals surface area contributed by atoms with Gasteiger partial charge in [-0.2, -0.15) is 0 Å². The van der Waals surface area contributed by atoms with Crippen LogP contribution in [0.25, 0.3) is 0 Å². The van der Waals surface area contributed by atoms with E-state index in [1.807, 2.05) is 32.0 Å². The minimum Gasteiger partial charge on any atom is -0.353 e. The standard InChI is InChI=1S/C19H26N2O2/c1-13-7-6-8-14(2)18(13)21-12-15(11-17(21)22)19(23)20-16-9-4-3-5-10-16/h6-8,15-16H,3-5,9-12H2,1-2H3,(H,20,23)/t15-/m1/s1. The Morgan fingerprint density at radius 2 is 1.78 bits per heavy atom. The fraction of sp³-hybridized carbons (Fsp3) is 0.579. The Balaban J connectivity index is 1.68. The van der Waals surface area contributed by atoms with Gasteiger partial charge in [0.1, 0.15) is 0 Å². The molecule has 4 heteroatoms. The van der Waals surface area contributed by atoms with E-state index < -0.39 is 0 Å². The molecule has 2 fully saturated rings. The van der Waals surface area contributed by atoms with Crippen molar-refractivity contribution in [2.24, 2.45) is 5.92 Å². The number of rotatable bonds is 3. The summed E-state index contributed by atoms with van der Waals surface area (Å²) in [7, 11) is 0. The van der Waals surface area contributed by atoms with E-state index >= 15 is 0 Å². The van der Waals surface area contributed by atoms with Gasteiger partial charge in [0, 0.05) is 24.7 Å². The second kappa shape index (κ2) is 6.73. The number of benzene rings is 1. The van der Waals surface area contributed by atoms with Crippen molar-refractivity contribution in [3.63, 3.8) is 0 Å². The molecule has 4 nitrogen and oxygen atoms in total. The molecule has 1 saturated carbocycles. The Hall–Kier alpha value is -1.84. The molecule has 23 heavy (non-hydrogen) atoms. The molecule has 1 saturated heterocycles. The Labute approximate surface area is 138 Å². The van der Waals surface area contributed by atoms with Crippen LogP contribution in [0.4, 0.5) is 5.69 Å². The van der Waals surface area contributed by atoms with Gasteiger partial charge in [-0.15, -0.1) is 0 Å². The molecule has 0 bridgehead atoms. The van der Waals surface area contributed by atoms with Gasteiger partial charge in [-0.3, -0.25) is 9.59 Å². The van der Waals surface area contributed by atoms with Crippen molar-refractivity contribution in [3.05, 3.63) is 29.3 Å². The van der Waals surface area contributed by atoms with Crippen LogP contribution in [0.15, 0.2) is 18.2 Å². The number of amides is 2. The summed E-state index contributed by atoms with van der Waals surface area (Å²) >= 11 is 0. The molecule has 0 unspecified atom stereocenters. The summed E-state index contributed by atoms with van der Waals surface area (Å²) < 4.78 is 0. The number of carbonyl (C=O) groups excluding carboxylic acids is 2. The molecule has 1 aliphatic heterocycles. The van der Waals surface area contributed by atoms with Crippen molar-refractivity contribution in [1.29, 1.82) is 0 Å². The van der Waals surface area contributed by atoms with Crippen molar-refractivity contribution in [2.45, 2.75) is 58.4 Å². The van der Waals surface area contributed by atoms with E-state index in [-0.39, 0.29) is 17.7 Å². The van der Waals surface area contributed by atoms with Gasteiger partial charge >= 0.3 is 0 Å². The summed E-state index contributed by atoms with van der Waals surface area (Å²) in [6.07, 6.45) is 6.15. The van der Waals surface area contributed by atoms with Crippen molar-refractivity contribution in [1.82, 2.24) is 5.32 Å². The van der Waals surface area contributed by atoms with Crippen molar-refractivity contribution < 1.29 is 9.59 Å². The Morgan fingerprint density at radius 1 is 1.13 bits per heavy atom. The van der Waals surface area contributed by atoms with Gasteiger partial charge in [0.15, 0.2) is 0 Å². The van der Waals surface area contributed by atoms with Crippen molar-refractivity contribution in [3.8, 4) is 0 Å². The summed E-state index contributed by atoms with van der Waals surface area (Å²) in [5.74, 6) is -0.103. The molecule has 1 aromatic rings. The maximum atomic E-state index is 12.5. The predicted octanol–water partition coefficient (Wildman–Crippen LogP) is 3.11. The van der Waals surface area contributed by atoms with Crippen molar-refractivity contribution in [2.75, 3.05) is 11.4 Å². The molecular formula is C19H26N2O2. The number of hydrogen-bond donors (Lipinski definition) is 1. The van der Waals surface area contributed by atoms with Gasteiger partial charge < -0.3 is 10.2 Å². The summed E-state index contributed by atoms with van der Waals surface area (Å²) in [5, 5.41) is 3.16. The maximum Gasteiger partial charge on any atom is 0.227 e. The summed E-state index contributed by atoms with van der Waals surface area (Å²) in [4.78, 5) is 26.7. The number of hydrogen-bond acceptors (Lipinski definition) is 2. The first-order valence-electron chi connectivity index (χ1n) is 8.73. The highest BCUT2D eigenvalue weighted by atomic mass is 16.2. The molecule has 1 aromatic carbocycles. The second-order valence-electron chi connectivity index (χ2n) is 6.99. The minimum absolute atomic E-state index is 0.0546. The van der Waals surface area contributed by atoms with Crippen LogP contribution < -0.4 is 10.2 Å². The highest BCUT2D eigenvalue weighted by molar-refractivity contribution is 6.01. The first kappa shape index (κ1) is 16.0. The molecule has 1 aliphatic carbocycles. The van der Waals surface area contributed by atoms with Gasteiger partial charge in [0.05, 0.1) is 5.92 Å². The summed E-state index contributed by atoms with van der Waals surface area (Å²) in [5.41, 5.74) is 3.16. The molecule has 1 heterocycles. The van der Waals surface area contributed by atoms with Crippen LogP contribution in [-0.4, -0.2) is 24.4 Å². The van der Waals surface area contributed by atoms with Crippen LogP contribution in [0.5, 0.6) is 0 Å². The van der Waals surface area contributed by atoms with Crippen LogP contribution in [0.3, 0.4) is 0 Å². The Bertz CT molecular complexity index is 585. The SMILES string of the molecule is Cc1cccc(C)c1N1C[C@H](C(=O)NC2CCCCC2)CC1=O. The smallest absolute Gasteiger partial charge is 0.227 e. The fourth-order valence-corrected chi connectivity index (χ4v) is 3.90. The van der Waals surface area contributed by atoms with Gasteiger partial charge in [-0.25, -0.2) is 0 Å². The number of carbonyl (C=O) groups is 2. The molecule has 2 amide bonds. The monoisotopic (exact) mass is 314 g/mol. The zero-order valence-corrected chi connectivity index (χ0v) is 14.1. The van der Waals surface area contributed by atoms with Crippen LogP contribution in [0.1, 0.15) is 49.7 Å². The molecule has 1 N–H and O–H groups in total. The largest absolute Gasteiger partial charge is 0.353 e. The lowest BCUT2D eigenvalue weighted by molar-refractivity contribution is -0.127. The van der Waals surface area contributed by atoms with Crippen LogP contribution in [0.2, 0.25) is 0 Å². The Morgan fingerprint density at radius 3 is 2.43 bits per heavy atom. The molecule has 0 spiro atoms. The van der Waals surface area contributed by atoms with E-state index in [0.29, 0.717) is 19.0 Å². The molecule has 0 radical (unpaired) electrons. The lowest BCUT2D eigenvalue weighted by atomic mass is 9.95. The molecule has 2 aliphatic rings. The maximum absolute atomic E-state index is 12.5. The van der Waals surface area contributed by atoms with E-state index in [1.165, 1.54) is 19.3 Å². The third-order valence-electron chi connectivity index (χ3n) is 5.16. The zero-order valence-electron chi connectivity index (χ0n) is 14.1. The third kappa shape index (κ3) is 3.41. The first-order valence-corrected chi connectivity index (χ1v) is 8.73. The van der Waals surface area contributed by atoms with Gasteiger partial charge in [-0.05, 0) is 37.8 Å². The zero-order chi connectivity index (χ0) is 16.4. The van der Waals surface area contributed by atoms with Gasteiger partial charge in [0.2, 0.25) is 11.8 Å². The van der Waals surface area contributed by atoms with E-state index in [4.69, 9.17) is 0 Å². The highest BCUT2D eigenvalue weighted by Gasteiger charge is 2.36. The van der Waals surface area contributed by atoms with E-state index in [9.17, 15) is 9.59 Å². The lowest BCUT2D eigenvalue weighted by Gasteiger charge is -2.25. The topological polar surface area (TPSA) is 49.4 Å². The highest BCUT2D eigenvalue weighted by Crippen LogP contribution is 2.31. The predicted molar refractivity (Wildman–Crippen MR) is 91.4 cm³/mol. The molecule has 0 aromatic heterocycles. The molecule has 3 rings (SSSR count). The number of nitrogens with one attached hydrogen (secondary N) is 1. The van der Waals surface area contributed by atoms with Crippen LogP contribution >= 0.6 is 0 Å². The normalized spacial score (nSPS) is 22.4. The van der Waals surface area contributed by atoms with E-state index in [2.05, 4.69) is 5.32 Å². The lowest BCUT2D eigenvalue weighted by Crippen LogP contribution is -2.40. The average Bonchev–Trinajstić information content (AvgIpc) is 2.90. The van der Waals surface area contributed by atoms with Crippen molar-refractivity contribution >= 4 is 17.5 Å². The quantitative estimate of drug-likeness (QED) is 0.932. The average molecular weight is 314 g/mol. The number of nitrogens with zero attached hydrogens (tertiary/aromatic N) is 1. The van der Waals surface area contributed by atoms with Crippen LogP contribution in [0, 0.1) is 19.8 Å². The molecule has 1 atom stereocenters. The summed E-state index contributed by atoms with van der Waals surface area (Å²) in [6.45, 7) is 4.54. The van der Waals surface area contributed by atoms with Crippen LogP contribution in [-0.2, 0) is 9.59 Å². The molecule has 124 valence electrons. The van der Waals surface area contributed by atoms with E-state index in [0.717, 1.165) is 29.7 Å². The number of para-hydroxylation sites is 1. The fourth-order valence-electron chi connectivity index (χ4n) is 3.90.